The predicted octanol–water partition coefficient (Wildman–Crippen LogP) is 1.87. The zero-order valence-electron chi connectivity index (χ0n) is 10.8. The number of hydrogen-bond donors (Lipinski definition) is 2. The Balaban J connectivity index is 2.10. The van der Waals surface area contributed by atoms with Crippen LogP contribution >= 0.6 is 0 Å². The van der Waals surface area contributed by atoms with Crippen molar-refractivity contribution in [3.05, 3.63) is 29.3 Å². The third kappa shape index (κ3) is 2.48. The standard InChI is InChI=1S/C14H19NO3/c1-9-3-4-10(2)12(7-9)18-8-14(15,13(16)17)11-5-6-11/h3-4,7,11H,5-6,8,15H2,1-2H3,(H,16,17). The molecule has 1 atom stereocenters. The number of aryl methyl sites for hydroxylation is 2. The molecule has 0 aliphatic heterocycles. The molecule has 18 heavy (non-hydrogen) atoms. The lowest BCUT2D eigenvalue weighted by Gasteiger charge is -2.25. The number of rotatable bonds is 5. The van der Waals surface area contributed by atoms with Crippen LogP contribution in [0.3, 0.4) is 0 Å². The summed E-state index contributed by atoms with van der Waals surface area (Å²) in [7, 11) is 0. The summed E-state index contributed by atoms with van der Waals surface area (Å²) in [6.07, 6.45) is 1.75. The zero-order valence-corrected chi connectivity index (χ0v) is 10.8. The van der Waals surface area contributed by atoms with Gasteiger partial charge in [-0.25, -0.2) is 0 Å². The lowest BCUT2D eigenvalue weighted by molar-refractivity contribution is -0.145. The van der Waals surface area contributed by atoms with Gasteiger partial charge in [0.2, 0.25) is 0 Å². The number of carbonyl (C=O) groups is 1. The Hall–Kier alpha value is -1.55. The fourth-order valence-corrected chi connectivity index (χ4v) is 2.01. The number of ether oxygens (including phenoxy) is 1. The molecule has 4 nitrogen and oxygen atoms in total. The van der Waals surface area contributed by atoms with Gasteiger partial charge in [0.1, 0.15) is 12.4 Å². The van der Waals surface area contributed by atoms with E-state index in [2.05, 4.69) is 0 Å². The predicted molar refractivity (Wildman–Crippen MR) is 68.7 cm³/mol. The first-order valence-electron chi connectivity index (χ1n) is 6.16. The van der Waals surface area contributed by atoms with Gasteiger partial charge in [-0.15, -0.1) is 0 Å². The van der Waals surface area contributed by atoms with Gasteiger partial charge in [-0.05, 0) is 49.8 Å². The van der Waals surface area contributed by atoms with Gasteiger partial charge in [0, 0.05) is 0 Å². The van der Waals surface area contributed by atoms with Gasteiger partial charge in [0.25, 0.3) is 0 Å². The molecule has 1 aromatic carbocycles. The van der Waals surface area contributed by atoms with Gasteiger partial charge in [-0.3, -0.25) is 4.79 Å². The molecule has 0 aromatic heterocycles. The Bertz CT molecular complexity index is 468. The van der Waals surface area contributed by atoms with E-state index in [1.54, 1.807) is 0 Å². The Labute approximate surface area is 107 Å². The van der Waals surface area contributed by atoms with Gasteiger partial charge in [-0.2, -0.15) is 0 Å². The van der Waals surface area contributed by atoms with Crippen LogP contribution in [0.15, 0.2) is 18.2 Å². The van der Waals surface area contributed by atoms with Crippen LogP contribution in [-0.2, 0) is 4.79 Å². The normalized spacial score (nSPS) is 18.2. The Kier molecular flexibility index (Phi) is 3.30. The second-order valence-corrected chi connectivity index (χ2v) is 5.18. The smallest absolute Gasteiger partial charge is 0.327 e. The van der Waals surface area contributed by atoms with E-state index in [0.29, 0.717) is 5.75 Å². The molecule has 3 N–H and O–H groups in total. The van der Waals surface area contributed by atoms with Crippen molar-refractivity contribution in [1.82, 2.24) is 0 Å². The van der Waals surface area contributed by atoms with E-state index in [9.17, 15) is 9.90 Å². The maximum absolute atomic E-state index is 11.3. The number of aliphatic carboxylic acids is 1. The van der Waals surface area contributed by atoms with Crippen LogP contribution in [0, 0.1) is 19.8 Å². The molecule has 1 fully saturated rings. The molecule has 1 aromatic rings. The fraction of sp³-hybridized carbons (Fsp3) is 0.500. The highest BCUT2D eigenvalue weighted by Gasteiger charge is 2.49. The molecular weight excluding hydrogens is 230 g/mol. The molecule has 4 heteroatoms. The quantitative estimate of drug-likeness (QED) is 0.835. The van der Waals surface area contributed by atoms with E-state index in [1.165, 1.54) is 0 Å². The van der Waals surface area contributed by atoms with Crippen molar-refractivity contribution in [2.45, 2.75) is 32.2 Å². The highest BCUT2D eigenvalue weighted by atomic mass is 16.5. The Morgan fingerprint density at radius 1 is 1.50 bits per heavy atom. The minimum absolute atomic E-state index is 0.0251. The summed E-state index contributed by atoms with van der Waals surface area (Å²) in [6, 6.07) is 5.86. The first-order chi connectivity index (χ1) is 8.43. The van der Waals surface area contributed by atoms with Crippen LogP contribution in [0.5, 0.6) is 5.75 Å². The van der Waals surface area contributed by atoms with Crippen molar-refractivity contribution in [2.75, 3.05) is 6.61 Å². The molecule has 1 unspecified atom stereocenters. The van der Waals surface area contributed by atoms with Crippen LogP contribution in [0.4, 0.5) is 0 Å². The van der Waals surface area contributed by atoms with Gasteiger partial charge < -0.3 is 15.6 Å². The van der Waals surface area contributed by atoms with Gasteiger partial charge in [0.05, 0.1) is 0 Å². The van der Waals surface area contributed by atoms with Gasteiger partial charge in [-0.1, -0.05) is 12.1 Å². The van der Waals surface area contributed by atoms with E-state index in [0.717, 1.165) is 24.0 Å². The fourth-order valence-electron chi connectivity index (χ4n) is 2.01. The molecule has 2 rings (SSSR count). The average molecular weight is 249 g/mol. The van der Waals surface area contributed by atoms with E-state index >= 15 is 0 Å². The zero-order chi connectivity index (χ0) is 13.3. The molecule has 0 heterocycles. The number of nitrogens with two attached hydrogens (primary N) is 1. The summed E-state index contributed by atoms with van der Waals surface area (Å²) in [5.74, 6) is -0.220. The molecule has 0 amide bonds. The topological polar surface area (TPSA) is 72.5 Å². The summed E-state index contributed by atoms with van der Waals surface area (Å²) >= 11 is 0. The summed E-state index contributed by atoms with van der Waals surface area (Å²) in [6.45, 7) is 3.93. The van der Waals surface area contributed by atoms with Crippen molar-refractivity contribution < 1.29 is 14.6 Å². The van der Waals surface area contributed by atoms with Crippen LogP contribution in [0.1, 0.15) is 24.0 Å². The maximum atomic E-state index is 11.3. The lowest BCUT2D eigenvalue weighted by Crippen LogP contribution is -2.54. The minimum atomic E-state index is -1.25. The highest BCUT2D eigenvalue weighted by molar-refractivity contribution is 5.79. The first kappa shape index (κ1) is 12.9. The Morgan fingerprint density at radius 2 is 2.17 bits per heavy atom. The number of carboxylic acid groups (broad SMARTS) is 1. The summed E-state index contributed by atoms with van der Waals surface area (Å²) in [4.78, 5) is 11.3. The van der Waals surface area contributed by atoms with E-state index in [1.807, 2.05) is 32.0 Å². The molecule has 0 saturated heterocycles. The average Bonchev–Trinajstić information content (AvgIpc) is 3.14. The van der Waals surface area contributed by atoms with Crippen LogP contribution in [0.2, 0.25) is 0 Å². The second kappa shape index (κ2) is 4.61. The number of benzene rings is 1. The lowest BCUT2D eigenvalue weighted by atomic mass is 9.96. The maximum Gasteiger partial charge on any atom is 0.327 e. The largest absolute Gasteiger partial charge is 0.491 e. The highest BCUT2D eigenvalue weighted by Crippen LogP contribution is 2.39. The minimum Gasteiger partial charge on any atom is -0.491 e. The molecule has 1 saturated carbocycles. The van der Waals surface area contributed by atoms with E-state index < -0.39 is 11.5 Å². The second-order valence-electron chi connectivity index (χ2n) is 5.18. The van der Waals surface area contributed by atoms with Gasteiger partial charge in [0.15, 0.2) is 5.54 Å². The van der Waals surface area contributed by atoms with Crippen LogP contribution < -0.4 is 10.5 Å². The van der Waals surface area contributed by atoms with Crippen molar-refractivity contribution in [3.8, 4) is 5.75 Å². The molecule has 0 bridgehead atoms. The van der Waals surface area contributed by atoms with E-state index in [4.69, 9.17) is 10.5 Å². The summed E-state index contributed by atoms with van der Waals surface area (Å²) in [5, 5.41) is 9.24. The molecule has 1 aliphatic carbocycles. The van der Waals surface area contributed by atoms with Crippen molar-refractivity contribution >= 4 is 5.97 Å². The van der Waals surface area contributed by atoms with Crippen LogP contribution in [0.25, 0.3) is 0 Å². The van der Waals surface area contributed by atoms with Crippen molar-refractivity contribution in [3.63, 3.8) is 0 Å². The number of hydrogen-bond acceptors (Lipinski definition) is 3. The summed E-state index contributed by atoms with van der Waals surface area (Å²) < 4.78 is 5.64. The third-order valence-corrected chi connectivity index (χ3v) is 3.51. The third-order valence-electron chi connectivity index (χ3n) is 3.51. The van der Waals surface area contributed by atoms with Crippen molar-refractivity contribution in [2.24, 2.45) is 11.7 Å². The monoisotopic (exact) mass is 249 g/mol. The van der Waals surface area contributed by atoms with Gasteiger partial charge >= 0.3 is 5.97 Å². The van der Waals surface area contributed by atoms with Crippen molar-refractivity contribution in [1.29, 1.82) is 0 Å². The molecule has 0 radical (unpaired) electrons. The SMILES string of the molecule is Cc1ccc(C)c(OCC(N)(C(=O)O)C2CC2)c1. The molecular formula is C14H19NO3. The van der Waals surface area contributed by atoms with E-state index in [-0.39, 0.29) is 12.5 Å². The molecule has 98 valence electrons. The Morgan fingerprint density at radius 3 is 2.72 bits per heavy atom. The number of carboxylic acids is 1. The molecule has 1 aliphatic rings. The van der Waals surface area contributed by atoms with Crippen LogP contribution in [-0.4, -0.2) is 23.2 Å². The first-order valence-corrected chi connectivity index (χ1v) is 6.16. The molecule has 0 spiro atoms. The summed E-state index contributed by atoms with van der Waals surface area (Å²) in [5.41, 5.74) is 6.78.